The number of methoxy groups -OCH3 is 1. The normalized spacial score (nSPS) is 10.7. The molecule has 0 unspecified atom stereocenters. The number of fused-ring (bicyclic) bond motifs is 1. The second kappa shape index (κ2) is 6.67. The lowest BCUT2D eigenvalue weighted by atomic mass is 10.3. The van der Waals surface area contributed by atoms with Crippen LogP contribution in [0.5, 0.6) is 5.88 Å². The van der Waals surface area contributed by atoms with Crippen molar-refractivity contribution >= 4 is 22.7 Å². The Morgan fingerprint density at radius 3 is 2.89 bits per heavy atom. The van der Waals surface area contributed by atoms with Crippen LogP contribution < -0.4 is 10.1 Å². The maximum absolute atomic E-state index is 11.2. The van der Waals surface area contributed by atoms with Crippen molar-refractivity contribution in [2.45, 2.75) is 0 Å². The first-order valence-corrected chi connectivity index (χ1v) is 7.88. The molecule has 134 valence electrons. The van der Waals surface area contributed by atoms with Crippen molar-refractivity contribution in [2.24, 2.45) is 0 Å². The molecule has 0 spiro atoms. The monoisotopic (exact) mass is 363 g/mol. The van der Waals surface area contributed by atoms with E-state index in [0.29, 0.717) is 28.7 Å². The average Bonchev–Trinajstić information content (AvgIpc) is 3.17. The lowest BCUT2D eigenvalue weighted by Gasteiger charge is -2.10. The molecule has 4 heterocycles. The van der Waals surface area contributed by atoms with Crippen molar-refractivity contribution in [3.63, 3.8) is 0 Å². The van der Waals surface area contributed by atoms with E-state index in [4.69, 9.17) is 4.74 Å². The number of nitrogens with zero attached hydrogens (tertiary/aromatic N) is 6. The third-order valence-electron chi connectivity index (χ3n) is 3.80. The van der Waals surface area contributed by atoms with Crippen LogP contribution in [0, 0.1) is 10.1 Å². The lowest BCUT2D eigenvalue weighted by Crippen LogP contribution is -2.05. The van der Waals surface area contributed by atoms with Gasteiger partial charge in [-0.2, -0.15) is 0 Å². The SMILES string of the molecule is COc1cccc(-c2nc(Nc3ccncc3[N+](=O)[O-])c3cccn3n2)n1. The Morgan fingerprint density at radius 1 is 1.19 bits per heavy atom. The van der Waals surface area contributed by atoms with Crippen molar-refractivity contribution in [1.29, 1.82) is 0 Å². The minimum Gasteiger partial charge on any atom is -0.481 e. The Bertz CT molecular complexity index is 1140. The summed E-state index contributed by atoms with van der Waals surface area (Å²) in [6, 6.07) is 10.4. The Kier molecular flexibility index (Phi) is 4.05. The number of hydrogen-bond donors (Lipinski definition) is 1. The summed E-state index contributed by atoms with van der Waals surface area (Å²) in [6.07, 6.45) is 4.41. The molecule has 1 N–H and O–H groups in total. The topological polar surface area (TPSA) is 120 Å². The van der Waals surface area contributed by atoms with Crippen LogP contribution in [0.25, 0.3) is 17.0 Å². The molecule has 10 nitrogen and oxygen atoms in total. The summed E-state index contributed by atoms with van der Waals surface area (Å²) in [5.74, 6) is 1.18. The summed E-state index contributed by atoms with van der Waals surface area (Å²) in [4.78, 5) is 23.4. The quantitative estimate of drug-likeness (QED) is 0.424. The number of hydrogen-bond acceptors (Lipinski definition) is 8. The largest absolute Gasteiger partial charge is 0.481 e. The van der Waals surface area contributed by atoms with Gasteiger partial charge in [-0.3, -0.25) is 15.1 Å². The molecule has 0 aliphatic rings. The zero-order valence-electron chi connectivity index (χ0n) is 14.1. The Morgan fingerprint density at radius 2 is 2.07 bits per heavy atom. The molecule has 0 aliphatic carbocycles. The summed E-state index contributed by atoms with van der Waals surface area (Å²) in [5.41, 5.74) is 1.30. The first kappa shape index (κ1) is 16.4. The molecule has 4 aromatic heterocycles. The number of nitrogens with one attached hydrogen (secondary N) is 1. The van der Waals surface area contributed by atoms with Gasteiger partial charge in [0, 0.05) is 18.5 Å². The third-order valence-corrected chi connectivity index (χ3v) is 3.80. The van der Waals surface area contributed by atoms with Gasteiger partial charge < -0.3 is 10.1 Å². The number of anilines is 2. The van der Waals surface area contributed by atoms with Crippen LogP contribution in [0.4, 0.5) is 17.2 Å². The fourth-order valence-corrected chi connectivity index (χ4v) is 2.55. The third kappa shape index (κ3) is 3.11. The van der Waals surface area contributed by atoms with Crippen LogP contribution in [0.1, 0.15) is 0 Å². The molecule has 4 aromatic rings. The minimum atomic E-state index is -0.504. The van der Waals surface area contributed by atoms with Crippen molar-refractivity contribution < 1.29 is 9.66 Å². The highest BCUT2D eigenvalue weighted by Gasteiger charge is 2.17. The molecular formula is C17H13N7O3. The lowest BCUT2D eigenvalue weighted by molar-refractivity contribution is -0.384. The molecule has 0 bridgehead atoms. The predicted molar refractivity (Wildman–Crippen MR) is 96.9 cm³/mol. The molecule has 10 heteroatoms. The van der Waals surface area contributed by atoms with Crippen molar-refractivity contribution in [2.75, 3.05) is 12.4 Å². The van der Waals surface area contributed by atoms with Crippen LogP contribution in [0.2, 0.25) is 0 Å². The Labute approximate surface area is 152 Å². The van der Waals surface area contributed by atoms with Gasteiger partial charge in [-0.25, -0.2) is 14.5 Å². The molecule has 0 aromatic carbocycles. The van der Waals surface area contributed by atoms with E-state index >= 15 is 0 Å². The molecule has 0 fully saturated rings. The zero-order chi connectivity index (χ0) is 18.8. The molecular weight excluding hydrogens is 350 g/mol. The fraction of sp³-hybridized carbons (Fsp3) is 0.0588. The van der Waals surface area contributed by atoms with Crippen LogP contribution in [0.3, 0.4) is 0 Å². The van der Waals surface area contributed by atoms with Crippen molar-refractivity contribution in [1.82, 2.24) is 24.6 Å². The Hall–Kier alpha value is -4.08. The highest BCUT2D eigenvalue weighted by atomic mass is 16.6. The first-order valence-electron chi connectivity index (χ1n) is 7.88. The predicted octanol–water partition coefficient (Wildman–Crippen LogP) is 2.85. The van der Waals surface area contributed by atoms with Crippen LogP contribution >= 0.6 is 0 Å². The van der Waals surface area contributed by atoms with E-state index in [1.807, 2.05) is 0 Å². The molecule has 4 rings (SSSR count). The second-order valence-electron chi connectivity index (χ2n) is 5.46. The summed E-state index contributed by atoms with van der Waals surface area (Å²) in [6.45, 7) is 0. The number of rotatable bonds is 5. The standard InChI is InChI=1S/C17H13N7O3/c1-27-15-6-2-4-12(19-15)16-21-17(13-5-3-9-23(13)22-16)20-11-7-8-18-10-14(11)24(25)26/h2-10H,1H3,(H,18,20,21,22). The van der Waals surface area contributed by atoms with E-state index in [1.54, 1.807) is 41.0 Å². The van der Waals surface area contributed by atoms with E-state index in [1.165, 1.54) is 25.6 Å². The molecule has 0 saturated carbocycles. The molecule has 0 amide bonds. The molecule has 0 saturated heterocycles. The van der Waals surface area contributed by atoms with Gasteiger partial charge in [0.05, 0.1) is 12.0 Å². The highest BCUT2D eigenvalue weighted by Crippen LogP contribution is 2.28. The summed E-state index contributed by atoms with van der Waals surface area (Å²) in [7, 11) is 1.53. The van der Waals surface area contributed by atoms with Gasteiger partial charge >= 0.3 is 5.69 Å². The fourth-order valence-electron chi connectivity index (χ4n) is 2.55. The Balaban J connectivity index is 1.83. The summed E-state index contributed by atoms with van der Waals surface area (Å²) in [5, 5.41) is 18.7. The van der Waals surface area contributed by atoms with Gasteiger partial charge in [-0.05, 0) is 24.3 Å². The van der Waals surface area contributed by atoms with Gasteiger partial charge in [0.1, 0.15) is 23.1 Å². The first-order chi connectivity index (χ1) is 13.2. The van der Waals surface area contributed by atoms with Crippen molar-refractivity contribution in [3.05, 3.63) is 65.1 Å². The van der Waals surface area contributed by atoms with Crippen LogP contribution in [-0.4, -0.2) is 36.6 Å². The van der Waals surface area contributed by atoms with Crippen LogP contribution in [0.15, 0.2) is 55.0 Å². The minimum absolute atomic E-state index is 0.151. The summed E-state index contributed by atoms with van der Waals surface area (Å²) >= 11 is 0. The highest BCUT2D eigenvalue weighted by molar-refractivity contribution is 5.77. The maximum atomic E-state index is 11.2. The van der Waals surface area contributed by atoms with Gasteiger partial charge in [0.25, 0.3) is 0 Å². The zero-order valence-corrected chi connectivity index (χ0v) is 14.1. The number of nitro groups is 1. The average molecular weight is 363 g/mol. The van der Waals surface area contributed by atoms with E-state index in [0.717, 1.165) is 0 Å². The van der Waals surface area contributed by atoms with Gasteiger partial charge in [0.15, 0.2) is 5.82 Å². The van der Waals surface area contributed by atoms with E-state index in [-0.39, 0.29) is 11.4 Å². The molecule has 27 heavy (non-hydrogen) atoms. The van der Waals surface area contributed by atoms with E-state index in [9.17, 15) is 10.1 Å². The van der Waals surface area contributed by atoms with Gasteiger partial charge in [-0.1, -0.05) is 6.07 Å². The summed E-state index contributed by atoms with van der Waals surface area (Å²) < 4.78 is 6.77. The van der Waals surface area contributed by atoms with Crippen LogP contribution in [-0.2, 0) is 0 Å². The number of pyridine rings is 2. The van der Waals surface area contributed by atoms with E-state index < -0.39 is 4.92 Å². The molecule has 0 atom stereocenters. The maximum Gasteiger partial charge on any atom is 0.310 e. The molecule has 0 radical (unpaired) electrons. The number of ether oxygens (including phenoxy) is 1. The van der Waals surface area contributed by atoms with E-state index in [2.05, 4.69) is 25.4 Å². The smallest absolute Gasteiger partial charge is 0.310 e. The second-order valence-corrected chi connectivity index (χ2v) is 5.46. The van der Waals surface area contributed by atoms with Gasteiger partial charge in [0.2, 0.25) is 11.7 Å². The van der Waals surface area contributed by atoms with Crippen molar-refractivity contribution in [3.8, 4) is 17.4 Å². The van der Waals surface area contributed by atoms with Gasteiger partial charge in [-0.15, -0.1) is 5.10 Å². The molecule has 0 aliphatic heterocycles. The number of aromatic nitrogens is 5.